The molecule has 2 unspecified atom stereocenters. The van der Waals surface area contributed by atoms with Crippen LogP contribution in [0.1, 0.15) is 52.9 Å². The highest BCUT2D eigenvalue weighted by Crippen LogP contribution is 2.19. The molecule has 0 saturated heterocycles. The van der Waals surface area contributed by atoms with Crippen LogP contribution in [0.3, 0.4) is 0 Å². The Morgan fingerprint density at radius 1 is 1.31 bits per heavy atom. The molecule has 2 nitrogen and oxygen atoms in total. The average Bonchev–Trinajstić information content (AvgIpc) is 3.07. The van der Waals surface area contributed by atoms with Gasteiger partial charge in [0.05, 0.1) is 0 Å². The van der Waals surface area contributed by atoms with E-state index in [0.717, 1.165) is 18.0 Å². The van der Waals surface area contributed by atoms with Gasteiger partial charge in [0.2, 0.25) is 0 Å². The van der Waals surface area contributed by atoms with E-state index in [1.807, 2.05) is 0 Å². The molecule has 0 radical (unpaired) electrons. The molecule has 16 heavy (non-hydrogen) atoms. The van der Waals surface area contributed by atoms with Gasteiger partial charge >= 0.3 is 0 Å². The van der Waals surface area contributed by atoms with E-state index in [9.17, 15) is 0 Å². The molecule has 0 heterocycles. The predicted octanol–water partition coefficient (Wildman–Crippen LogP) is 2.89. The maximum absolute atomic E-state index is 3.67. The van der Waals surface area contributed by atoms with E-state index in [4.69, 9.17) is 0 Å². The van der Waals surface area contributed by atoms with Crippen LogP contribution in [0.25, 0.3) is 0 Å². The molecule has 1 fully saturated rings. The summed E-state index contributed by atoms with van der Waals surface area (Å²) < 4.78 is 0. The van der Waals surface area contributed by atoms with Crippen LogP contribution in [0, 0.1) is 5.92 Å². The number of likely N-dealkylation sites (N-methyl/N-ethyl adjacent to an activating group) is 1. The summed E-state index contributed by atoms with van der Waals surface area (Å²) in [5.74, 6) is 0.824. The summed E-state index contributed by atoms with van der Waals surface area (Å²) in [6.07, 6.45) is 6.70. The first kappa shape index (κ1) is 14.0. The summed E-state index contributed by atoms with van der Waals surface area (Å²) in [5, 5.41) is 3.67. The third kappa shape index (κ3) is 5.31. The number of rotatable bonds is 9. The highest BCUT2D eigenvalue weighted by molar-refractivity contribution is 4.83. The molecule has 0 aliphatic heterocycles. The van der Waals surface area contributed by atoms with Crippen LogP contribution in [0.15, 0.2) is 0 Å². The fraction of sp³-hybridized carbons (Fsp3) is 1.00. The van der Waals surface area contributed by atoms with E-state index >= 15 is 0 Å². The Morgan fingerprint density at radius 3 is 2.50 bits per heavy atom. The summed E-state index contributed by atoms with van der Waals surface area (Å²) >= 11 is 0. The van der Waals surface area contributed by atoms with Gasteiger partial charge in [-0.3, -0.25) is 0 Å². The van der Waals surface area contributed by atoms with Gasteiger partial charge in [0.1, 0.15) is 0 Å². The molecule has 1 rings (SSSR count). The molecule has 0 aromatic carbocycles. The molecular formula is C14H30N2. The standard InChI is InChI=1S/C14H30N2/c1-5-7-14(10-15-13-8-9-13)16(4)11-12(3)6-2/h12-15H,5-11H2,1-4H3. The molecule has 1 aliphatic carbocycles. The second-order valence-corrected chi connectivity index (χ2v) is 5.58. The lowest BCUT2D eigenvalue weighted by atomic mass is 10.1. The van der Waals surface area contributed by atoms with Crippen molar-refractivity contribution in [2.24, 2.45) is 5.92 Å². The van der Waals surface area contributed by atoms with Crippen molar-refractivity contribution in [2.75, 3.05) is 20.1 Å². The SMILES string of the molecule is CCCC(CNC1CC1)N(C)CC(C)CC. The van der Waals surface area contributed by atoms with Gasteiger partial charge in [0.25, 0.3) is 0 Å². The Kier molecular flexibility index (Phi) is 6.37. The lowest BCUT2D eigenvalue weighted by molar-refractivity contribution is 0.194. The van der Waals surface area contributed by atoms with Crippen LogP contribution in [-0.2, 0) is 0 Å². The first-order valence-electron chi connectivity index (χ1n) is 7.10. The Morgan fingerprint density at radius 2 is 2.00 bits per heavy atom. The maximum Gasteiger partial charge on any atom is 0.0217 e. The minimum Gasteiger partial charge on any atom is -0.312 e. The molecule has 2 heteroatoms. The van der Waals surface area contributed by atoms with E-state index in [1.54, 1.807) is 0 Å². The molecule has 0 amide bonds. The van der Waals surface area contributed by atoms with E-state index < -0.39 is 0 Å². The number of nitrogens with zero attached hydrogens (tertiary/aromatic N) is 1. The second-order valence-electron chi connectivity index (χ2n) is 5.58. The van der Waals surface area contributed by atoms with E-state index in [-0.39, 0.29) is 0 Å². The van der Waals surface area contributed by atoms with Crippen molar-refractivity contribution in [1.82, 2.24) is 10.2 Å². The Labute approximate surface area is 102 Å². The minimum absolute atomic E-state index is 0.736. The van der Waals surface area contributed by atoms with Crippen LogP contribution in [0.4, 0.5) is 0 Å². The van der Waals surface area contributed by atoms with Gasteiger partial charge in [0.15, 0.2) is 0 Å². The van der Waals surface area contributed by atoms with Crippen molar-refractivity contribution in [3.8, 4) is 0 Å². The van der Waals surface area contributed by atoms with Gasteiger partial charge in [0, 0.05) is 25.2 Å². The normalized spacial score (nSPS) is 20.1. The van der Waals surface area contributed by atoms with Gasteiger partial charge in [-0.1, -0.05) is 33.6 Å². The summed E-state index contributed by atoms with van der Waals surface area (Å²) in [7, 11) is 2.29. The van der Waals surface area contributed by atoms with Gasteiger partial charge in [-0.2, -0.15) is 0 Å². The zero-order chi connectivity index (χ0) is 12.0. The van der Waals surface area contributed by atoms with Crippen molar-refractivity contribution in [1.29, 1.82) is 0 Å². The van der Waals surface area contributed by atoms with E-state index in [0.29, 0.717) is 0 Å². The monoisotopic (exact) mass is 226 g/mol. The zero-order valence-corrected chi connectivity index (χ0v) is 11.6. The molecule has 2 atom stereocenters. The third-order valence-electron chi connectivity index (χ3n) is 3.76. The van der Waals surface area contributed by atoms with Crippen molar-refractivity contribution in [2.45, 2.75) is 65.0 Å². The summed E-state index contributed by atoms with van der Waals surface area (Å²) in [6, 6.07) is 1.58. The molecule has 1 N–H and O–H groups in total. The fourth-order valence-electron chi connectivity index (χ4n) is 2.17. The zero-order valence-electron chi connectivity index (χ0n) is 11.6. The highest BCUT2D eigenvalue weighted by Gasteiger charge is 2.23. The minimum atomic E-state index is 0.736. The van der Waals surface area contributed by atoms with Gasteiger partial charge in [-0.05, 0) is 32.2 Å². The largest absolute Gasteiger partial charge is 0.312 e. The molecule has 96 valence electrons. The summed E-state index contributed by atoms with van der Waals surface area (Å²) in [5.41, 5.74) is 0. The Bertz CT molecular complexity index is 178. The van der Waals surface area contributed by atoms with Crippen molar-refractivity contribution in [3.63, 3.8) is 0 Å². The quantitative estimate of drug-likeness (QED) is 0.650. The molecule has 0 aromatic heterocycles. The van der Waals surface area contributed by atoms with Gasteiger partial charge in [-0.15, -0.1) is 0 Å². The molecule has 0 bridgehead atoms. The van der Waals surface area contributed by atoms with Crippen molar-refractivity contribution >= 4 is 0 Å². The Balaban J connectivity index is 2.27. The highest BCUT2D eigenvalue weighted by atomic mass is 15.2. The first-order chi connectivity index (χ1) is 7.67. The average molecular weight is 226 g/mol. The number of hydrogen-bond acceptors (Lipinski definition) is 2. The fourth-order valence-corrected chi connectivity index (χ4v) is 2.17. The van der Waals surface area contributed by atoms with Crippen molar-refractivity contribution in [3.05, 3.63) is 0 Å². The van der Waals surface area contributed by atoms with Gasteiger partial charge < -0.3 is 10.2 Å². The van der Waals surface area contributed by atoms with Crippen LogP contribution >= 0.6 is 0 Å². The van der Waals surface area contributed by atoms with Crippen LogP contribution in [0.5, 0.6) is 0 Å². The van der Waals surface area contributed by atoms with Crippen LogP contribution < -0.4 is 5.32 Å². The number of nitrogens with one attached hydrogen (secondary N) is 1. The Hall–Kier alpha value is -0.0800. The van der Waals surface area contributed by atoms with Gasteiger partial charge in [-0.25, -0.2) is 0 Å². The summed E-state index contributed by atoms with van der Waals surface area (Å²) in [4.78, 5) is 2.56. The van der Waals surface area contributed by atoms with E-state index in [2.05, 4.69) is 38.0 Å². The molecule has 1 aliphatic rings. The van der Waals surface area contributed by atoms with E-state index in [1.165, 1.54) is 45.2 Å². The third-order valence-corrected chi connectivity index (χ3v) is 3.76. The maximum atomic E-state index is 3.67. The predicted molar refractivity (Wildman–Crippen MR) is 71.8 cm³/mol. The second kappa shape index (κ2) is 7.29. The molecule has 1 saturated carbocycles. The lowest BCUT2D eigenvalue weighted by Gasteiger charge is -2.30. The summed E-state index contributed by atoms with van der Waals surface area (Å²) in [6.45, 7) is 9.36. The van der Waals surface area contributed by atoms with Crippen molar-refractivity contribution < 1.29 is 0 Å². The number of hydrogen-bond donors (Lipinski definition) is 1. The topological polar surface area (TPSA) is 15.3 Å². The molecule has 0 aromatic rings. The van der Waals surface area contributed by atoms with Crippen LogP contribution in [0.2, 0.25) is 0 Å². The first-order valence-corrected chi connectivity index (χ1v) is 7.10. The smallest absolute Gasteiger partial charge is 0.0217 e. The lowest BCUT2D eigenvalue weighted by Crippen LogP contribution is -2.42. The molecular weight excluding hydrogens is 196 g/mol. The van der Waals surface area contributed by atoms with Crippen LogP contribution in [-0.4, -0.2) is 37.1 Å². The molecule has 0 spiro atoms.